The topological polar surface area (TPSA) is 87.5 Å². The fourth-order valence-electron chi connectivity index (χ4n) is 5.36. The summed E-state index contributed by atoms with van der Waals surface area (Å²) in [7, 11) is 6.35. The summed E-state index contributed by atoms with van der Waals surface area (Å²) in [5, 5.41) is 4.59. The zero-order valence-corrected chi connectivity index (χ0v) is 23.3. The van der Waals surface area contributed by atoms with Gasteiger partial charge in [-0.2, -0.15) is 0 Å². The van der Waals surface area contributed by atoms with Crippen LogP contribution in [0.2, 0.25) is 0 Å². The van der Waals surface area contributed by atoms with Crippen LogP contribution in [0, 0.1) is 0 Å². The molecule has 208 valence electrons. The maximum Gasteiger partial charge on any atom is 0.294 e. The van der Waals surface area contributed by atoms with E-state index in [1.807, 2.05) is 77.3 Å². The van der Waals surface area contributed by atoms with E-state index in [2.05, 4.69) is 5.32 Å². The number of fused-ring (bicyclic) bond motifs is 3. The first kappa shape index (κ1) is 26.3. The Hall–Kier alpha value is -4.98. The number of carbonyl (C=O) groups is 2. The number of ether oxygens (including phenoxy) is 4. The normalized spacial score (nSPS) is 12.8. The number of rotatable bonds is 9. The molecule has 2 aromatic heterocycles. The summed E-state index contributed by atoms with van der Waals surface area (Å²) in [4.78, 5) is 27.3. The molecule has 1 aliphatic rings. The molecule has 1 saturated carbocycles. The molecule has 8 nitrogen and oxygen atoms in total. The quantitative estimate of drug-likeness (QED) is 0.181. The average Bonchev–Trinajstić information content (AvgIpc) is 3.77. The molecule has 6 rings (SSSR count). The van der Waals surface area contributed by atoms with Crippen molar-refractivity contribution in [2.75, 3.05) is 28.4 Å². The molecule has 0 aliphatic heterocycles. The van der Waals surface area contributed by atoms with Crippen LogP contribution in [0.4, 0.5) is 0 Å². The largest absolute Gasteiger partial charge is 0.493 e. The zero-order chi connectivity index (χ0) is 28.7. The van der Waals surface area contributed by atoms with Crippen molar-refractivity contribution >= 4 is 28.0 Å². The van der Waals surface area contributed by atoms with Gasteiger partial charge < -0.3 is 28.7 Å². The van der Waals surface area contributed by atoms with E-state index in [9.17, 15) is 9.59 Å². The van der Waals surface area contributed by atoms with Gasteiger partial charge in [0.25, 0.3) is 11.7 Å². The number of aromatic nitrogens is 1. The number of nitrogens with zero attached hydrogens (tertiary/aromatic N) is 1. The predicted octanol–water partition coefficient (Wildman–Crippen LogP) is 5.92. The predicted molar refractivity (Wildman–Crippen MR) is 157 cm³/mol. The molecule has 41 heavy (non-hydrogen) atoms. The Labute approximate surface area is 237 Å². The van der Waals surface area contributed by atoms with Crippen LogP contribution in [0.15, 0.2) is 72.9 Å². The van der Waals surface area contributed by atoms with Crippen LogP contribution in [0.25, 0.3) is 38.5 Å². The minimum Gasteiger partial charge on any atom is -0.493 e. The number of nitrogens with one attached hydrogen (secondary N) is 1. The fraction of sp³-hybridized carbons (Fsp3) is 0.212. The van der Waals surface area contributed by atoms with E-state index in [4.69, 9.17) is 18.9 Å². The van der Waals surface area contributed by atoms with Crippen LogP contribution in [0.1, 0.15) is 23.3 Å². The van der Waals surface area contributed by atoms with Crippen LogP contribution in [-0.4, -0.2) is 50.6 Å². The first-order valence-electron chi connectivity index (χ1n) is 13.3. The highest BCUT2D eigenvalue weighted by molar-refractivity contribution is 6.44. The molecule has 1 fully saturated rings. The molecule has 0 radical (unpaired) electrons. The number of carbonyl (C=O) groups excluding carboxylic acids is 2. The van der Waals surface area contributed by atoms with Gasteiger partial charge in [-0.1, -0.05) is 36.4 Å². The summed E-state index contributed by atoms with van der Waals surface area (Å²) in [6, 6.07) is 21.1. The molecule has 8 heteroatoms. The number of benzene rings is 3. The maximum atomic E-state index is 14.0. The lowest BCUT2D eigenvalue weighted by Gasteiger charge is -2.13. The Morgan fingerprint density at radius 3 is 2.05 bits per heavy atom. The van der Waals surface area contributed by atoms with E-state index >= 15 is 0 Å². The lowest BCUT2D eigenvalue weighted by atomic mass is 9.93. The Bertz CT molecular complexity index is 1800. The van der Waals surface area contributed by atoms with E-state index in [-0.39, 0.29) is 11.7 Å². The van der Waals surface area contributed by atoms with Crippen molar-refractivity contribution in [1.29, 1.82) is 0 Å². The smallest absolute Gasteiger partial charge is 0.294 e. The molecular weight excluding hydrogens is 520 g/mol. The number of amides is 1. The van der Waals surface area contributed by atoms with Gasteiger partial charge in [0.15, 0.2) is 23.0 Å². The molecule has 5 aromatic rings. The van der Waals surface area contributed by atoms with Crippen LogP contribution >= 0.6 is 0 Å². The van der Waals surface area contributed by atoms with Crippen molar-refractivity contribution in [2.45, 2.75) is 18.9 Å². The lowest BCUT2D eigenvalue weighted by molar-refractivity contribution is -0.117. The Balaban J connectivity index is 1.77. The number of methoxy groups -OCH3 is 4. The Kier molecular flexibility index (Phi) is 6.75. The maximum absolute atomic E-state index is 14.0. The summed E-state index contributed by atoms with van der Waals surface area (Å²) in [5.74, 6) is 1.05. The minimum atomic E-state index is -0.615. The molecule has 2 heterocycles. The summed E-state index contributed by atoms with van der Waals surface area (Å²) < 4.78 is 24.2. The van der Waals surface area contributed by atoms with Crippen molar-refractivity contribution in [1.82, 2.24) is 9.72 Å². The van der Waals surface area contributed by atoms with Crippen LogP contribution in [0.5, 0.6) is 23.0 Å². The number of hydrogen-bond acceptors (Lipinski definition) is 6. The molecule has 0 unspecified atom stereocenters. The summed E-state index contributed by atoms with van der Waals surface area (Å²) in [5.41, 5.74) is 4.05. The summed E-state index contributed by atoms with van der Waals surface area (Å²) in [6.45, 7) is 0. The third-order valence-electron chi connectivity index (χ3n) is 7.49. The number of pyridine rings is 1. The van der Waals surface area contributed by atoms with Crippen LogP contribution in [-0.2, 0) is 4.79 Å². The zero-order valence-electron chi connectivity index (χ0n) is 23.3. The third kappa shape index (κ3) is 4.51. The second-order valence-electron chi connectivity index (χ2n) is 9.94. The molecule has 0 atom stereocenters. The minimum absolute atomic E-state index is 0.0423. The van der Waals surface area contributed by atoms with Crippen LogP contribution < -0.4 is 24.3 Å². The van der Waals surface area contributed by atoms with E-state index < -0.39 is 11.7 Å². The van der Waals surface area contributed by atoms with Crippen molar-refractivity contribution < 1.29 is 28.5 Å². The van der Waals surface area contributed by atoms with Crippen molar-refractivity contribution in [3.8, 4) is 45.3 Å². The van der Waals surface area contributed by atoms with Crippen molar-refractivity contribution in [3.05, 3.63) is 78.6 Å². The van der Waals surface area contributed by atoms with Gasteiger partial charge in [0.1, 0.15) is 5.69 Å². The van der Waals surface area contributed by atoms with Gasteiger partial charge in [0.05, 0.1) is 34.0 Å². The number of hydrogen-bond donors (Lipinski definition) is 1. The lowest BCUT2D eigenvalue weighted by Crippen LogP contribution is -2.33. The van der Waals surface area contributed by atoms with Gasteiger partial charge in [-0.05, 0) is 59.7 Å². The van der Waals surface area contributed by atoms with E-state index in [0.717, 1.165) is 45.8 Å². The molecule has 3 aromatic carbocycles. The molecular formula is C33H30N2O6. The third-order valence-corrected chi connectivity index (χ3v) is 7.49. The van der Waals surface area contributed by atoms with E-state index in [1.165, 1.54) is 0 Å². The summed E-state index contributed by atoms with van der Waals surface area (Å²) >= 11 is 0. The van der Waals surface area contributed by atoms with Crippen LogP contribution in [0.3, 0.4) is 0 Å². The first-order valence-corrected chi connectivity index (χ1v) is 13.3. The van der Waals surface area contributed by atoms with Gasteiger partial charge in [-0.15, -0.1) is 0 Å². The fourth-order valence-corrected chi connectivity index (χ4v) is 5.36. The standard InChI is InChI=1S/C33H30N2O6/c1-38-24-13-10-21(17-25(24)39-2)29-28(19-8-6-5-7-9-19)31(32(36)33(37)34-22-11-12-22)35-15-14-20-16-26(40-3)27(41-4)18-23(20)30(29)35/h5-10,13-18,22H,11-12H2,1-4H3,(H,34,37). The van der Waals surface area contributed by atoms with Crippen molar-refractivity contribution in [3.63, 3.8) is 0 Å². The number of Topliss-reactive ketones (excluding diaryl/α,β-unsaturated/α-hetero) is 1. The van der Waals surface area contributed by atoms with Gasteiger partial charge in [-0.3, -0.25) is 9.59 Å². The summed E-state index contributed by atoms with van der Waals surface area (Å²) in [6.07, 6.45) is 3.59. The molecule has 0 saturated heterocycles. The van der Waals surface area contributed by atoms with Gasteiger partial charge in [0, 0.05) is 28.8 Å². The molecule has 1 N–H and O–H groups in total. The second kappa shape index (κ2) is 10.5. The second-order valence-corrected chi connectivity index (χ2v) is 9.94. The first-order chi connectivity index (χ1) is 20.0. The molecule has 1 amide bonds. The van der Waals surface area contributed by atoms with Crippen molar-refractivity contribution in [2.24, 2.45) is 0 Å². The highest BCUT2D eigenvalue weighted by Crippen LogP contribution is 2.46. The Morgan fingerprint density at radius 1 is 0.732 bits per heavy atom. The highest BCUT2D eigenvalue weighted by Gasteiger charge is 2.33. The van der Waals surface area contributed by atoms with Gasteiger partial charge >= 0.3 is 0 Å². The highest BCUT2D eigenvalue weighted by atomic mass is 16.5. The number of ketones is 1. The monoisotopic (exact) mass is 550 g/mol. The van der Waals surface area contributed by atoms with Gasteiger partial charge in [0.2, 0.25) is 0 Å². The molecule has 1 aliphatic carbocycles. The SMILES string of the molecule is COc1ccc(-c2c(-c3ccccc3)c(C(=O)C(=O)NC3CC3)n3ccc4cc(OC)c(OC)cc4c23)cc1OC. The van der Waals surface area contributed by atoms with Gasteiger partial charge in [-0.25, -0.2) is 0 Å². The van der Waals surface area contributed by atoms with E-state index in [0.29, 0.717) is 28.6 Å². The van der Waals surface area contributed by atoms with E-state index in [1.54, 1.807) is 28.4 Å². The Morgan fingerprint density at radius 2 is 1.39 bits per heavy atom. The average molecular weight is 551 g/mol. The molecule has 0 spiro atoms. The molecule has 0 bridgehead atoms.